The molecule has 3 unspecified atom stereocenters. The van der Waals surface area contributed by atoms with Gasteiger partial charge in [-0.05, 0) is 36.1 Å². The molecule has 39 heavy (non-hydrogen) atoms. The molecule has 212 valence electrons. The molecule has 2 heterocycles. The molecule has 3 N–H and O–H groups in total. The van der Waals surface area contributed by atoms with Crippen molar-refractivity contribution in [2.24, 2.45) is 0 Å². The molecule has 9 heteroatoms. The van der Waals surface area contributed by atoms with Gasteiger partial charge in [-0.25, -0.2) is 0 Å². The highest BCUT2D eigenvalue weighted by molar-refractivity contribution is 5.90. The van der Waals surface area contributed by atoms with E-state index in [0.29, 0.717) is 13.0 Å². The molecule has 0 saturated carbocycles. The van der Waals surface area contributed by atoms with Crippen molar-refractivity contribution in [2.75, 3.05) is 44.7 Å². The SMILES string of the molecule is CC(=O)NCCCCCC(=O)Nc1ccc(C2OC(CN3CCOCC3)CC(c3ccc(CO)cc3)O2)cc1. The van der Waals surface area contributed by atoms with Gasteiger partial charge in [0.15, 0.2) is 6.29 Å². The average molecular weight is 540 g/mol. The van der Waals surface area contributed by atoms with E-state index < -0.39 is 6.29 Å². The summed E-state index contributed by atoms with van der Waals surface area (Å²) in [5.41, 5.74) is 3.57. The lowest BCUT2D eigenvalue weighted by Crippen LogP contribution is -2.44. The summed E-state index contributed by atoms with van der Waals surface area (Å²) in [6.45, 7) is 6.24. The van der Waals surface area contributed by atoms with E-state index in [1.807, 2.05) is 48.5 Å². The fourth-order valence-electron chi connectivity index (χ4n) is 4.90. The summed E-state index contributed by atoms with van der Waals surface area (Å²) in [5, 5.41) is 15.1. The van der Waals surface area contributed by atoms with Crippen molar-refractivity contribution < 1.29 is 28.9 Å². The molecule has 2 aliphatic rings. The minimum atomic E-state index is -0.527. The van der Waals surface area contributed by atoms with Crippen LogP contribution in [0.5, 0.6) is 0 Å². The molecule has 4 rings (SSSR count). The van der Waals surface area contributed by atoms with Crippen LogP contribution in [0.25, 0.3) is 0 Å². The Labute approximate surface area is 230 Å². The number of nitrogens with one attached hydrogen (secondary N) is 2. The van der Waals surface area contributed by atoms with Gasteiger partial charge in [-0.2, -0.15) is 0 Å². The number of unbranched alkanes of at least 4 members (excludes halogenated alkanes) is 2. The zero-order valence-electron chi connectivity index (χ0n) is 22.8. The maximum atomic E-state index is 12.4. The van der Waals surface area contributed by atoms with Crippen molar-refractivity contribution in [3.8, 4) is 0 Å². The van der Waals surface area contributed by atoms with E-state index in [1.54, 1.807) is 0 Å². The van der Waals surface area contributed by atoms with Gasteiger partial charge in [0.1, 0.15) is 0 Å². The molecule has 2 fully saturated rings. The molecule has 0 spiro atoms. The van der Waals surface area contributed by atoms with E-state index in [2.05, 4.69) is 15.5 Å². The van der Waals surface area contributed by atoms with Crippen molar-refractivity contribution in [1.82, 2.24) is 10.2 Å². The molecule has 0 radical (unpaired) electrons. The quantitative estimate of drug-likeness (QED) is 0.353. The third-order valence-electron chi connectivity index (χ3n) is 7.10. The zero-order chi connectivity index (χ0) is 27.5. The number of ether oxygens (including phenoxy) is 3. The molecular weight excluding hydrogens is 498 g/mol. The molecule has 2 amide bonds. The van der Waals surface area contributed by atoms with Gasteiger partial charge >= 0.3 is 0 Å². The standard InChI is InChI=1S/C30H41N3O6/c1-22(35)31-14-4-2-3-5-29(36)32-26-12-10-25(11-13-26)30-38-27(20-33-15-17-37-18-16-33)19-28(39-30)24-8-6-23(21-34)7-9-24/h6-13,27-28,30,34H,2-5,14-21H2,1H3,(H,31,35)(H,32,36). The molecule has 2 aliphatic heterocycles. The number of carbonyl (C=O) groups is 2. The number of aliphatic hydroxyl groups excluding tert-OH is 1. The van der Waals surface area contributed by atoms with E-state index in [-0.39, 0.29) is 30.6 Å². The predicted octanol–water partition coefficient (Wildman–Crippen LogP) is 3.69. The Morgan fingerprint density at radius 3 is 2.36 bits per heavy atom. The summed E-state index contributed by atoms with van der Waals surface area (Å²) in [7, 11) is 0. The summed E-state index contributed by atoms with van der Waals surface area (Å²) in [6, 6.07) is 15.5. The summed E-state index contributed by atoms with van der Waals surface area (Å²) >= 11 is 0. The lowest BCUT2D eigenvalue weighted by atomic mass is 9.99. The van der Waals surface area contributed by atoms with Gasteiger partial charge in [0.25, 0.3) is 0 Å². The van der Waals surface area contributed by atoms with Gasteiger partial charge in [-0.1, -0.05) is 42.8 Å². The number of hydrogen-bond donors (Lipinski definition) is 3. The van der Waals surface area contributed by atoms with Gasteiger partial charge in [-0.15, -0.1) is 0 Å². The van der Waals surface area contributed by atoms with Crippen LogP contribution in [0.1, 0.15) is 68.1 Å². The number of nitrogens with zero attached hydrogens (tertiary/aromatic N) is 1. The normalized spacial score (nSPS) is 21.8. The molecule has 0 aromatic heterocycles. The smallest absolute Gasteiger partial charge is 0.224 e. The Bertz CT molecular complexity index is 1040. The Kier molecular flexibility index (Phi) is 11.3. The second-order valence-electron chi connectivity index (χ2n) is 10.2. The summed E-state index contributed by atoms with van der Waals surface area (Å²) in [6.07, 6.45) is 3.05. The lowest BCUT2D eigenvalue weighted by Gasteiger charge is -2.39. The maximum absolute atomic E-state index is 12.4. The number of hydrogen-bond acceptors (Lipinski definition) is 7. The Morgan fingerprint density at radius 2 is 1.67 bits per heavy atom. The minimum Gasteiger partial charge on any atom is -0.392 e. The molecule has 0 bridgehead atoms. The number of rotatable bonds is 12. The highest BCUT2D eigenvalue weighted by Gasteiger charge is 2.33. The van der Waals surface area contributed by atoms with E-state index in [4.69, 9.17) is 14.2 Å². The summed E-state index contributed by atoms with van der Waals surface area (Å²) < 4.78 is 18.4. The first-order chi connectivity index (χ1) is 19.0. The molecule has 3 atom stereocenters. The van der Waals surface area contributed by atoms with Crippen LogP contribution in [0.4, 0.5) is 5.69 Å². The molecule has 2 aromatic carbocycles. The van der Waals surface area contributed by atoms with Crippen molar-refractivity contribution >= 4 is 17.5 Å². The van der Waals surface area contributed by atoms with E-state index in [1.165, 1.54) is 6.92 Å². The van der Waals surface area contributed by atoms with Crippen LogP contribution in [-0.2, 0) is 30.4 Å². The van der Waals surface area contributed by atoms with E-state index in [9.17, 15) is 14.7 Å². The fraction of sp³-hybridized carbons (Fsp3) is 0.533. The van der Waals surface area contributed by atoms with Crippen LogP contribution >= 0.6 is 0 Å². The highest BCUT2D eigenvalue weighted by Crippen LogP contribution is 2.38. The first-order valence-electron chi connectivity index (χ1n) is 13.9. The van der Waals surface area contributed by atoms with Crippen LogP contribution in [0.3, 0.4) is 0 Å². The Balaban J connectivity index is 1.34. The minimum absolute atomic E-state index is 0.00519. The first kappa shape index (κ1) is 29.2. The van der Waals surface area contributed by atoms with Gasteiger partial charge in [0, 0.05) is 57.2 Å². The van der Waals surface area contributed by atoms with Crippen LogP contribution < -0.4 is 10.6 Å². The zero-order valence-corrected chi connectivity index (χ0v) is 22.8. The molecule has 9 nitrogen and oxygen atoms in total. The largest absolute Gasteiger partial charge is 0.392 e. The monoisotopic (exact) mass is 539 g/mol. The number of aliphatic hydroxyl groups is 1. The second kappa shape index (κ2) is 15.1. The van der Waals surface area contributed by atoms with E-state index >= 15 is 0 Å². The molecule has 2 aromatic rings. The average Bonchev–Trinajstić information content (AvgIpc) is 2.95. The van der Waals surface area contributed by atoms with Crippen LogP contribution in [-0.4, -0.2) is 67.3 Å². The highest BCUT2D eigenvalue weighted by atomic mass is 16.7. The van der Waals surface area contributed by atoms with Gasteiger partial charge < -0.3 is 30.0 Å². The van der Waals surface area contributed by atoms with Crippen LogP contribution in [0.2, 0.25) is 0 Å². The van der Waals surface area contributed by atoms with Crippen LogP contribution in [0, 0.1) is 0 Å². The number of amides is 2. The first-order valence-corrected chi connectivity index (χ1v) is 13.9. The van der Waals surface area contributed by atoms with Crippen molar-refractivity contribution in [3.05, 3.63) is 65.2 Å². The molecular formula is C30H41N3O6. The summed E-state index contributed by atoms with van der Waals surface area (Å²) in [4.78, 5) is 25.6. The Hall–Kier alpha value is -2.82. The fourth-order valence-corrected chi connectivity index (χ4v) is 4.90. The topological polar surface area (TPSA) is 109 Å². The van der Waals surface area contributed by atoms with Gasteiger partial charge in [-0.3, -0.25) is 14.5 Å². The van der Waals surface area contributed by atoms with Crippen molar-refractivity contribution in [2.45, 2.75) is 64.1 Å². The number of benzene rings is 2. The number of carbonyl (C=O) groups excluding carboxylic acids is 2. The maximum Gasteiger partial charge on any atom is 0.224 e. The van der Waals surface area contributed by atoms with Gasteiger partial charge in [0.2, 0.25) is 11.8 Å². The van der Waals surface area contributed by atoms with Crippen LogP contribution in [0.15, 0.2) is 48.5 Å². The third-order valence-corrected chi connectivity index (χ3v) is 7.10. The number of morpholine rings is 1. The predicted molar refractivity (Wildman–Crippen MR) is 148 cm³/mol. The van der Waals surface area contributed by atoms with Gasteiger partial charge in [0.05, 0.1) is 32.0 Å². The Morgan fingerprint density at radius 1 is 0.949 bits per heavy atom. The number of anilines is 1. The lowest BCUT2D eigenvalue weighted by molar-refractivity contribution is -0.253. The molecule has 0 aliphatic carbocycles. The second-order valence-corrected chi connectivity index (χ2v) is 10.2. The van der Waals surface area contributed by atoms with E-state index in [0.717, 1.165) is 80.9 Å². The van der Waals surface area contributed by atoms with Crippen molar-refractivity contribution in [3.63, 3.8) is 0 Å². The third kappa shape index (κ3) is 9.40. The summed E-state index contributed by atoms with van der Waals surface area (Å²) in [5.74, 6) is -0.0514. The van der Waals surface area contributed by atoms with Crippen molar-refractivity contribution in [1.29, 1.82) is 0 Å². The molecule has 2 saturated heterocycles.